The van der Waals surface area contributed by atoms with Gasteiger partial charge in [0.25, 0.3) is 5.91 Å². The topological polar surface area (TPSA) is 82.1 Å². The van der Waals surface area contributed by atoms with Crippen molar-refractivity contribution >= 4 is 17.7 Å². The Hall–Kier alpha value is -2.35. The smallest absolute Gasteiger partial charge is 0.407 e. The van der Waals surface area contributed by atoms with Crippen molar-refractivity contribution in [3.05, 3.63) is 29.6 Å². The lowest BCUT2D eigenvalue weighted by Gasteiger charge is -2.34. The van der Waals surface area contributed by atoms with Crippen molar-refractivity contribution in [1.29, 1.82) is 0 Å². The van der Waals surface area contributed by atoms with E-state index in [4.69, 9.17) is 9.84 Å². The molecule has 2 amide bonds. The number of ether oxygens (including phenoxy) is 1. The summed E-state index contributed by atoms with van der Waals surface area (Å²) in [4.78, 5) is 26.1. The van der Waals surface area contributed by atoms with Gasteiger partial charge in [0.1, 0.15) is 5.82 Å². The van der Waals surface area contributed by atoms with Crippen molar-refractivity contribution < 1.29 is 23.8 Å². The summed E-state index contributed by atoms with van der Waals surface area (Å²) in [5.74, 6) is -0.791. The molecule has 2 heterocycles. The van der Waals surface area contributed by atoms with E-state index >= 15 is 0 Å². The Kier molecular flexibility index (Phi) is 4.84. The number of halogens is 1. The summed E-state index contributed by atoms with van der Waals surface area (Å²) in [6, 6.07) is 4.37. The molecule has 0 radical (unpaired) electrons. The molecule has 2 N–H and O–H groups in total. The molecule has 130 valence electrons. The predicted molar refractivity (Wildman–Crippen MR) is 84.9 cm³/mol. The molecule has 0 unspecified atom stereocenters. The van der Waals surface area contributed by atoms with Crippen LogP contribution in [0, 0.1) is 5.82 Å². The third-order valence-electron chi connectivity index (χ3n) is 4.37. The van der Waals surface area contributed by atoms with E-state index in [1.165, 1.54) is 11.0 Å². The van der Waals surface area contributed by atoms with Crippen LogP contribution in [0.1, 0.15) is 16.8 Å². The van der Waals surface area contributed by atoms with Gasteiger partial charge in [0.2, 0.25) is 0 Å². The number of hydrogen-bond acceptors (Lipinski definition) is 4. The number of benzene rings is 1. The monoisotopic (exact) mass is 337 g/mol. The maximum Gasteiger partial charge on any atom is 0.407 e. The minimum atomic E-state index is -0.960. The molecule has 1 aromatic carbocycles. The van der Waals surface area contributed by atoms with Gasteiger partial charge in [-0.2, -0.15) is 0 Å². The number of carbonyl (C=O) groups excluding carboxylic acids is 1. The van der Waals surface area contributed by atoms with Gasteiger partial charge in [0, 0.05) is 38.3 Å². The Morgan fingerprint density at radius 2 is 2.00 bits per heavy atom. The third-order valence-corrected chi connectivity index (χ3v) is 4.37. The molecule has 7 nitrogen and oxygen atoms in total. The van der Waals surface area contributed by atoms with Gasteiger partial charge in [-0.05, 0) is 24.6 Å². The number of nitrogens with one attached hydrogen (secondary N) is 1. The van der Waals surface area contributed by atoms with Gasteiger partial charge in [0.15, 0.2) is 0 Å². The van der Waals surface area contributed by atoms with Crippen molar-refractivity contribution in [2.24, 2.45) is 0 Å². The summed E-state index contributed by atoms with van der Waals surface area (Å²) >= 11 is 0. The first kappa shape index (κ1) is 16.5. The average Bonchev–Trinajstić information content (AvgIpc) is 3.08. The summed E-state index contributed by atoms with van der Waals surface area (Å²) in [5, 5.41) is 11.8. The summed E-state index contributed by atoms with van der Waals surface area (Å²) in [6.45, 7) is 2.63. The minimum absolute atomic E-state index is 0.0238. The predicted octanol–water partition coefficient (Wildman–Crippen LogP) is 1.14. The number of amides is 2. The van der Waals surface area contributed by atoms with E-state index in [9.17, 15) is 14.0 Å². The molecule has 0 aliphatic carbocycles. The highest BCUT2D eigenvalue weighted by molar-refractivity contribution is 5.94. The van der Waals surface area contributed by atoms with Gasteiger partial charge in [-0.3, -0.25) is 4.79 Å². The van der Waals surface area contributed by atoms with Gasteiger partial charge >= 0.3 is 6.09 Å². The second-order valence-corrected chi connectivity index (χ2v) is 5.96. The number of carboxylic acid groups (broad SMARTS) is 1. The van der Waals surface area contributed by atoms with Crippen LogP contribution in [-0.2, 0) is 4.74 Å². The van der Waals surface area contributed by atoms with E-state index in [2.05, 4.69) is 5.32 Å². The van der Waals surface area contributed by atoms with Crippen LogP contribution in [0.15, 0.2) is 18.2 Å². The van der Waals surface area contributed by atoms with E-state index < -0.39 is 11.9 Å². The molecular formula is C16H20FN3O4. The number of rotatable bonds is 3. The van der Waals surface area contributed by atoms with E-state index in [0.29, 0.717) is 45.1 Å². The quantitative estimate of drug-likeness (QED) is 0.864. The van der Waals surface area contributed by atoms with Crippen LogP contribution < -0.4 is 10.2 Å². The second kappa shape index (κ2) is 7.04. The molecule has 3 rings (SSSR count). The molecule has 24 heavy (non-hydrogen) atoms. The number of nitrogens with zero attached hydrogens (tertiary/aromatic N) is 2. The van der Waals surface area contributed by atoms with Crippen LogP contribution in [0.25, 0.3) is 0 Å². The largest absolute Gasteiger partial charge is 0.465 e. The van der Waals surface area contributed by atoms with Gasteiger partial charge in [-0.15, -0.1) is 0 Å². The van der Waals surface area contributed by atoms with Crippen molar-refractivity contribution in [2.45, 2.75) is 12.5 Å². The molecule has 0 aromatic heterocycles. The number of anilines is 1. The maximum atomic E-state index is 14.4. The first-order valence-corrected chi connectivity index (χ1v) is 7.95. The highest BCUT2D eigenvalue weighted by Gasteiger charge is 2.23. The zero-order valence-corrected chi connectivity index (χ0v) is 13.2. The highest BCUT2D eigenvalue weighted by atomic mass is 19.1. The molecule has 1 aromatic rings. The number of carbonyl (C=O) groups is 2. The lowest BCUT2D eigenvalue weighted by atomic mass is 10.1. The maximum absolute atomic E-state index is 14.4. The van der Waals surface area contributed by atoms with E-state index in [1.807, 2.05) is 0 Å². The summed E-state index contributed by atoms with van der Waals surface area (Å²) in [7, 11) is 0. The van der Waals surface area contributed by atoms with Crippen molar-refractivity contribution in [2.75, 3.05) is 44.3 Å². The highest BCUT2D eigenvalue weighted by Crippen LogP contribution is 2.22. The fourth-order valence-electron chi connectivity index (χ4n) is 2.96. The van der Waals surface area contributed by atoms with E-state index in [1.54, 1.807) is 17.0 Å². The number of piperazine rings is 1. The van der Waals surface area contributed by atoms with Crippen LogP contribution in [0.2, 0.25) is 0 Å². The first-order valence-electron chi connectivity index (χ1n) is 7.95. The lowest BCUT2D eigenvalue weighted by Crippen LogP contribution is -2.48. The van der Waals surface area contributed by atoms with Crippen molar-refractivity contribution in [3.63, 3.8) is 0 Å². The Morgan fingerprint density at radius 1 is 1.25 bits per heavy atom. The Bertz CT molecular complexity index is 626. The van der Waals surface area contributed by atoms with Gasteiger partial charge in [-0.25, -0.2) is 9.18 Å². The number of hydrogen-bond donors (Lipinski definition) is 2. The van der Waals surface area contributed by atoms with Crippen LogP contribution in [0.4, 0.5) is 14.9 Å². The van der Waals surface area contributed by atoms with Crippen LogP contribution in [0.3, 0.4) is 0 Å². The zero-order chi connectivity index (χ0) is 17.1. The second-order valence-electron chi connectivity index (χ2n) is 5.96. The molecule has 0 bridgehead atoms. The average molecular weight is 337 g/mol. The molecule has 0 saturated carbocycles. The van der Waals surface area contributed by atoms with Crippen LogP contribution >= 0.6 is 0 Å². The molecule has 8 heteroatoms. The molecule has 2 saturated heterocycles. The Balaban J connectivity index is 1.64. The normalized spacial score (nSPS) is 21.0. The first-order chi connectivity index (χ1) is 11.5. The Labute approximate surface area is 139 Å². The molecule has 1 atom stereocenters. The standard InChI is InChI=1S/C16H20FN3O4/c17-13-9-11(15(21)18-12-3-8-24-10-12)1-2-14(13)19-4-6-20(7-5-19)16(22)23/h1-2,9,12H,3-8,10H2,(H,18,21)(H,22,23)/t12-/m1/s1. The summed E-state index contributed by atoms with van der Waals surface area (Å²) < 4.78 is 19.6. The van der Waals surface area contributed by atoms with Gasteiger partial charge in [0.05, 0.1) is 18.3 Å². The van der Waals surface area contributed by atoms with E-state index in [0.717, 1.165) is 6.42 Å². The lowest BCUT2D eigenvalue weighted by molar-refractivity contribution is 0.0929. The zero-order valence-electron chi connectivity index (χ0n) is 13.2. The summed E-state index contributed by atoms with van der Waals surface area (Å²) in [5.41, 5.74) is 0.660. The van der Waals surface area contributed by atoms with Crippen molar-refractivity contribution in [3.8, 4) is 0 Å². The van der Waals surface area contributed by atoms with Gasteiger partial charge in [-0.1, -0.05) is 0 Å². The molecule has 2 fully saturated rings. The molecule has 2 aliphatic heterocycles. The fourth-order valence-corrected chi connectivity index (χ4v) is 2.96. The summed E-state index contributed by atoms with van der Waals surface area (Å²) in [6.07, 6.45) is -0.196. The minimum Gasteiger partial charge on any atom is -0.465 e. The van der Waals surface area contributed by atoms with Crippen LogP contribution in [-0.4, -0.2) is 67.4 Å². The SMILES string of the molecule is O=C(N[C@@H]1CCOC1)c1ccc(N2CCN(C(=O)O)CC2)c(F)c1. The third kappa shape index (κ3) is 3.59. The molecular weight excluding hydrogens is 317 g/mol. The molecule has 2 aliphatic rings. The fraction of sp³-hybridized carbons (Fsp3) is 0.500. The molecule has 0 spiro atoms. The van der Waals surface area contributed by atoms with Crippen LogP contribution in [0.5, 0.6) is 0 Å². The van der Waals surface area contributed by atoms with Gasteiger partial charge < -0.3 is 25.0 Å². The van der Waals surface area contributed by atoms with E-state index in [-0.39, 0.29) is 17.5 Å². The Morgan fingerprint density at radius 3 is 2.58 bits per heavy atom. The van der Waals surface area contributed by atoms with Crippen molar-refractivity contribution in [1.82, 2.24) is 10.2 Å².